The van der Waals surface area contributed by atoms with Crippen LogP contribution in [0.25, 0.3) is 0 Å². The van der Waals surface area contributed by atoms with Crippen molar-refractivity contribution in [1.29, 1.82) is 0 Å². The second-order valence-electron chi connectivity index (χ2n) is 5.51. The molecule has 0 saturated carbocycles. The van der Waals surface area contributed by atoms with E-state index in [0.717, 1.165) is 31.7 Å². The Morgan fingerprint density at radius 3 is 2.42 bits per heavy atom. The molecule has 19 heavy (non-hydrogen) atoms. The summed E-state index contributed by atoms with van der Waals surface area (Å²) >= 11 is 0. The Morgan fingerprint density at radius 2 is 1.89 bits per heavy atom. The minimum atomic E-state index is 0.340. The van der Waals surface area contributed by atoms with Gasteiger partial charge in [0.15, 0.2) is 0 Å². The summed E-state index contributed by atoms with van der Waals surface area (Å²) in [5.41, 5.74) is 3.71. The van der Waals surface area contributed by atoms with Crippen LogP contribution in [0.15, 0.2) is 0 Å². The van der Waals surface area contributed by atoms with E-state index < -0.39 is 0 Å². The number of hydrogen-bond acceptors (Lipinski definition) is 3. The maximum Gasteiger partial charge on any atom is 0.0644 e. The van der Waals surface area contributed by atoms with Crippen LogP contribution < -0.4 is 5.32 Å². The van der Waals surface area contributed by atoms with Crippen molar-refractivity contribution in [3.8, 4) is 0 Å². The highest BCUT2D eigenvalue weighted by Gasteiger charge is 2.15. The Morgan fingerprint density at radius 1 is 1.21 bits per heavy atom. The molecule has 0 fully saturated rings. The van der Waals surface area contributed by atoms with Crippen LogP contribution in [0, 0.1) is 13.8 Å². The fourth-order valence-corrected chi connectivity index (χ4v) is 2.38. The standard InChI is InChI=1S/C15H29N3O/c1-11(2)19-10-8-7-9-16-12(3)15-13(4)17-18(6)14(15)5/h11-12,16H,7-10H2,1-6H3. The summed E-state index contributed by atoms with van der Waals surface area (Å²) in [5, 5.41) is 8.04. The third-order valence-electron chi connectivity index (χ3n) is 3.47. The van der Waals surface area contributed by atoms with Crippen LogP contribution in [-0.2, 0) is 11.8 Å². The van der Waals surface area contributed by atoms with Crippen LogP contribution in [0.5, 0.6) is 0 Å². The molecule has 1 N–H and O–H groups in total. The Balaban J connectivity index is 2.29. The number of hydrogen-bond donors (Lipinski definition) is 1. The first-order valence-electron chi connectivity index (χ1n) is 7.28. The molecule has 0 aliphatic rings. The number of ether oxygens (including phenoxy) is 1. The number of rotatable bonds is 8. The van der Waals surface area contributed by atoms with Crippen LogP contribution in [0.4, 0.5) is 0 Å². The third-order valence-corrected chi connectivity index (χ3v) is 3.47. The van der Waals surface area contributed by atoms with Crippen molar-refractivity contribution in [2.45, 2.75) is 59.6 Å². The number of aryl methyl sites for hydroxylation is 2. The van der Waals surface area contributed by atoms with Crippen LogP contribution in [0.3, 0.4) is 0 Å². The zero-order valence-corrected chi connectivity index (χ0v) is 13.3. The first-order valence-corrected chi connectivity index (χ1v) is 7.28. The summed E-state index contributed by atoms with van der Waals surface area (Å²) in [6.07, 6.45) is 2.60. The second kappa shape index (κ2) is 7.65. The molecule has 0 aliphatic heterocycles. The summed E-state index contributed by atoms with van der Waals surface area (Å²) in [5.74, 6) is 0. The Labute approximate surface area is 117 Å². The first kappa shape index (κ1) is 16.2. The molecule has 1 aromatic heterocycles. The molecule has 1 aromatic rings. The van der Waals surface area contributed by atoms with Gasteiger partial charge >= 0.3 is 0 Å². The maximum absolute atomic E-state index is 5.53. The molecular weight excluding hydrogens is 238 g/mol. The van der Waals surface area contributed by atoms with Crippen LogP contribution in [0.1, 0.15) is 56.6 Å². The van der Waals surface area contributed by atoms with Gasteiger partial charge in [-0.3, -0.25) is 4.68 Å². The highest BCUT2D eigenvalue weighted by atomic mass is 16.5. The van der Waals surface area contributed by atoms with Gasteiger partial charge in [-0.25, -0.2) is 0 Å². The van der Waals surface area contributed by atoms with E-state index in [1.165, 1.54) is 11.3 Å². The Kier molecular flexibility index (Phi) is 6.52. The van der Waals surface area contributed by atoms with Gasteiger partial charge in [-0.05, 0) is 54.0 Å². The van der Waals surface area contributed by atoms with Gasteiger partial charge in [0.25, 0.3) is 0 Å². The van der Waals surface area contributed by atoms with Gasteiger partial charge in [-0.1, -0.05) is 0 Å². The number of nitrogens with one attached hydrogen (secondary N) is 1. The van der Waals surface area contributed by atoms with Gasteiger partial charge in [0.1, 0.15) is 0 Å². The molecule has 110 valence electrons. The summed E-state index contributed by atoms with van der Waals surface area (Å²) in [6.45, 7) is 12.5. The van der Waals surface area contributed by atoms with Crippen LogP contribution in [-0.4, -0.2) is 29.0 Å². The fourth-order valence-electron chi connectivity index (χ4n) is 2.38. The predicted octanol–water partition coefficient (Wildman–Crippen LogP) is 2.89. The molecule has 0 amide bonds. The van der Waals surface area contributed by atoms with E-state index in [0.29, 0.717) is 12.1 Å². The molecule has 1 unspecified atom stereocenters. The smallest absolute Gasteiger partial charge is 0.0644 e. The van der Waals surface area contributed by atoms with Crippen molar-refractivity contribution < 1.29 is 4.74 Å². The maximum atomic E-state index is 5.53. The normalized spacial score (nSPS) is 13.2. The van der Waals surface area contributed by atoms with E-state index >= 15 is 0 Å². The molecule has 0 radical (unpaired) electrons. The highest BCUT2D eigenvalue weighted by Crippen LogP contribution is 2.20. The highest BCUT2D eigenvalue weighted by molar-refractivity contribution is 5.27. The molecule has 0 aliphatic carbocycles. The van der Waals surface area contributed by atoms with Gasteiger partial charge in [0.05, 0.1) is 11.8 Å². The molecule has 4 heteroatoms. The summed E-state index contributed by atoms with van der Waals surface area (Å²) < 4.78 is 7.49. The van der Waals surface area contributed by atoms with Crippen LogP contribution >= 0.6 is 0 Å². The molecule has 4 nitrogen and oxygen atoms in total. The lowest BCUT2D eigenvalue weighted by Crippen LogP contribution is -2.21. The molecule has 0 aromatic carbocycles. The first-order chi connectivity index (χ1) is 8.93. The van der Waals surface area contributed by atoms with E-state index in [4.69, 9.17) is 4.74 Å². The topological polar surface area (TPSA) is 39.1 Å². The van der Waals surface area contributed by atoms with Crippen molar-refractivity contribution >= 4 is 0 Å². The van der Waals surface area contributed by atoms with E-state index in [2.05, 4.69) is 45.0 Å². The Bertz CT molecular complexity index is 385. The van der Waals surface area contributed by atoms with Crippen molar-refractivity contribution in [3.05, 3.63) is 17.0 Å². The molecule has 1 rings (SSSR count). The monoisotopic (exact) mass is 267 g/mol. The van der Waals surface area contributed by atoms with E-state index in [1.807, 2.05) is 11.7 Å². The lowest BCUT2D eigenvalue weighted by Gasteiger charge is -2.15. The molecule has 0 saturated heterocycles. The molecule has 0 spiro atoms. The SMILES string of the molecule is Cc1nn(C)c(C)c1C(C)NCCCCOC(C)C. The van der Waals surface area contributed by atoms with E-state index in [-0.39, 0.29) is 0 Å². The zero-order chi connectivity index (χ0) is 14.4. The average molecular weight is 267 g/mol. The molecule has 0 bridgehead atoms. The van der Waals surface area contributed by atoms with Crippen molar-refractivity contribution in [1.82, 2.24) is 15.1 Å². The van der Waals surface area contributed by atoms with Gasteiger partial charge in [-0.2, -0.15) is 5.10 Å². The van der Waals surface area contributed by atoms with Crippen molar-refractivity contribution in [2.75, 3.05) is 13.2 Å². The van der Waals surface area contributed by atoms with Gasteiger partial charge in [0, 0.05) is 31.0 Å². The van der Waals surface area contributed by atoms with E-state index in [9.17, 15) is 0 Å². The van der Waals surface area contributed by atoms with Gasteiger partial charge in [0.2, 0.25) is 0 Å². The number of unbranched alkanes of at least 4 members (excludes halogenated alkanes) is 1. The lowest BCUT2D eigenvalue weighted by molar-refractivity contribution is 0.0759. The summed E-state index contributed by atoms with van der Waals surface area (Å²) in [4.78, 5) is 0. The van der Waals surface area contributed by atoms with Crippen LogP contribution in [0.2, 0.25) is 0 Å². The third kappa shape index (κ3) is 4.96. The zero-order valence-electron chi connectivity index (χ0n) is 13.3. The number of aromatic nitrogens is 2. The molecular formula is C15H29N3O. The second-order valence-corrected chi connectivity index (χ2v) is 5.51. The Hall–Kier alpha value is -0.870. The van der Waals surface area contributed by atoms with Gasteiger partial charge < -0.3 is 10.1 Å². The minimum absolute atomic E-state index is 0.340. The quantitative estimate of drug-likeness (QED) is 0.736. The number of nitrogens with zero attached hydrogens (tertiary/aromatic N) is 2. The summed E-state index contributed by atoms with van der Waals surface area (Å²) in [7, 11) is 2.00. The average Bonchev–Trinajstić information content (AvgIpc) is 2.57. The minimum Gasteiger partial charge on any atom is -0.379 e. The predicted molar refractivity (Wildman–Crippen MR) is 79.4 cm³/mol. The van der Waals surface area contributed by atoms with Crippen molar-refractivity contribution in [3.63, 3.8) is 0 Å². The summed E-state index contributed by atoms with van der Waals surface area (Å²) in [6, 6.07) is 0.361. The lowest BCUT2D eigenvalue weighted by atomic mass is 10.1. The largest absolute Gasteiger partial charge is 0.379 e. The van der Waals surface area contributed by atoms with Gasteiger partial charge in [-0.15, -0.1) is 0 Å². The van der Waals surface area contributed by atoms with E-state index in [1.54, 1.807) is 0 Å². The van der Waals surface area contributed by atoms with Crippen molar-refractivity contribution in [2.24, 2.45) is 7.05 Å². The fraction of sp³-hybridized carbons (Fsp3) is 0.800. The molecule has 1 atom stereocenters. The molecule has 1 heterocycles.